The molecule has 3 heterocycles. The Balaban J connectivity index is 1.56. The topological polar surface area (TPSA) is 76.3 Å². The molecule has 27 heavy (non-hydrogen) atoms. The van der Waals surface area contributed by atoms with Crippen LogP contribution in [-0.2, 0) is 4.74 Å². The van der Waals surface area contributed by atoms with Gasteiger partial charge in [-0.25, -0.2) is 9.97 Å². The molecule has 0 radical (unpaired) electrons. The zero-order valence-electron chi connectivity index (χ0n) is 15.8. The summed E-state index contributed by atoms with van der Waals surface area (Å²) in [5, 5.41) is 7.39. The maximum atomic E-state index is 5.42. The zero-order valence-corrected chi connectivity index (χ0v) is 15.8. The molecule has 1 aromatic carbocycles. The molecule has 1 fully saturated rings. The smallest absolute Gasteiger partial charge is 0.167 e. The van der Waals surface area contributed by atoms with Crippen molar-refractivity contribution in [3.05, 3.63) is 47.5 Å². The van der Waals surface area contributed by atoms with E-state index in [-0.39, 0.29) is 0 Å². The number of benzene rings is 1. The Morgan fingerprint density at radius 2 is 1.78 bits per heavy atom. The molecule has 7 nitrogen and oxygen atoms in total. The Labute approximate surface area is 158 Å². The molecule has 4 rings (SSSR count). The number of morpholine rings is 1. The van der Waals surface area contributed by atoms with E-state index in [9.17, 15) is 0 Å². The highest BCUT2D eigenvalue weighted by molar-refractivity contribution is 5.66. The van der Waals surface area contributed by atoms with Crippen LogP contribution in [0.5, 0.6) is 0 Å². The second-order valence-electron chi connectivity index (χ2n) is 6.70. The summed E-state index contributed by atoms with van der Waals surface area (Å²) in [6.07, 6.45) is 1.82. The summed E-state index contributed by atoms with van der Waals surface area (Å²) in [6, 6.07) is 8.39. The standard InChI is InChI=1S/C20H23N5O2/c1-13-12-21-20(18-14(2)24-27-15(18)3)23-19(13)22-16-4-6-17(7-5-16)25-8-10-26-11-9-25/h4-7,12H,8-11H2,1-3H3,(H,21,22,23). The lowest BCUT2D eigenvalue weighted by atomic mass is 10.2. The van der Waals surface area contributed by atoms with Crippen molar-refractivity contribution in [1.29, 1.82) is 0 Å². The summed E-state index contributed by atoms with van der Waals surface area (Å²) in [4.78, 5) is 11.5. The summed E-state index contributed by atoms with van der Waals surface area (Å²) in [5.74, 6) is 2.11. The van der Waals surface area contributed by atoms with Gasteiger partial charge in [-0.05, 0) is 45.0 Å². The van der Waals surface area contributed by atoms with Crippen molar-refractivity contribution < 1.29 is 9.26 Å². The maximum Gasteiger partial charge on any atom is 0.167 e. The number of nitrogens with one attached hydrogen (secondary N) is 1. The van der Waals surface area contributed by atoms with Gasteiger partial charge in [-0.3, -0.25) is 0 Å². The Bertz CT molecular complexity index is 911. The minimum Gasteiger partial charge on any atom is -0.378 e. The normalized spacial score (nSPS) is 14.4. The van der Waals surface area contributed by atoms with Crippen molar-refractivity contribution in [2.45, 2.75) is 20.8 Å². The summed E-state index contributed by atoms with van der Waals surface area (Å²) in [5.41, 5.74) is 4.80. The van der Waals surface area contributed by atoms with Crippen LogP contribution in [0.25, 0.3) is 11.4 Å². The lowest BCUT2D eigenvalue weighted by molar-refractivity contribution is 0.122. The molecule has 1 saturated heterocycles. The second-order valence-corrected chi connectivity index (χ2v) is 6.70. The molecule has 0 bridgehead atoms. The van der Waals surface area contributed by atoms with E-state index in [0.29, 0.717) is 5.82 Å². The van der Waals surface area contributed by atoms with E-state index in [0.717, 1.165) is 60.4 Å². The Hall–Kier alpha value is -2.93. The highest BCUT2D eigenvalue weighted by Gasteiger charge is 2.16. The summed E-state index contributed by atoms with van der Waals surface area (Å²) in [6.45, 7) is 9.18. The largest absolute Gasteiger partial charge is 0.378 e. The molecule has 1 N–H and O–H groups in total. The van der Waals surface area contributed by atoms with Gasteiger partial charge in [-0.1, -0.05) is 5.16 Å². The molecule has 0 spiro atoms. The second kappa shape index (κ2) is 7.36. The molecule has 0 atom stereocenters. The Morgan fingerprint density at radius 1 is 1.04 bits per heavy atom. The van der Waals surface area contributed by atoms with Crippen molar-refractivity contribution in [1.82, 2.24) is 15.1 Å². The van der Waals surface area contributed by atoms with Crippen LogP contribution in [0.3, 0.4) is 0 Å². The van der Waals surface area contributed by atoms with Crippen LogP contribution in [0.4, 0.5) is 17.2 Å². The fourth-order valence-electron chi connectivity index (χ4n) is 3.21. The number of hydrogen-bond acceptors (Lipinski definition) is 7. The van der Waals surface area contributed by atoms with E-state index < -0.39 is 0 Å². The summed E-state index contributed by atoms with van der Waals surface area (Å²) in [7, 11) is 0. The lowest BCUT2D eigenvalue weighted by Crippen LogP contribution is -2.36. The summed E-state index contributed by atoms with van der Waals surface area (Å²) >= 11 is 0. The van der Waals surface area contributed by atoms with Crippen LogP contribution in [0, 0.1) is 20.8 Å². The first-order valence-corrected chi connectivity index (χ1v) is 9.08. The summed E-state index contributed by atoms with van der Waals surface area (Å²) < 4.78 is 10.7. The molecular formula is C20H23N5O2. The minimum absolute atomic E-state index is 0.615. The number of aryl methyl sites for hydroxylation is 3. The van der Waals surface area contributed by atoms with E-state index in [2.05, 4.69) is 44.6 Å². The molecule has 3 aromatic rings. The average Bonchev–Trinajstić information content (AvgIpc) is 3.03. The molecule has 0 aliphatic carbocycles. The lowest BCUT2D eigenvalue weighted by Gasteiger charge is -2.28. The molecule has 0 saturated carbocycles. The average molecular weight is 365 g/mol. The van der Waals surface area contributed by atoms with Crippen LogP contribution in [0.2, 0.25) is 0 Å². The number of anilines is 3. The predicted molar refractivity (Wildman–Crippen MR) is 104 cm³/mol. The fraction of sp³-hybridized carbons (Fsp3) is 0.350. The zero-order chi connectivity index (χ0) is 18.8. The van der Waals surface area contributed by atoms with Crippen LogP contribution in [-0.4, -0.2) is 41.4 Å². The molecule has 140 valence electrons. The minimum atomic E-state index is 0.615. The van der Waals surface area contributed by atoms with Crippen LogP contribution >= 0.6 is 0 Å². The van der Waals surface area contributed by atoms with Gasteiger partial charge in [0.05, 0.1) is 24.5 Å². The Kier molecular flexibility index (Phi) is 4.77. The van der Waals surface area contributed by atoms with Gasteiger partial charge in [-0.15, -0.1) is 0 Å². The van der Waals surface area contributed by atoms with Gasteiger partial charge in [0.15, 0.2) is 5.82 Å². The van der Waals surface area contributed by atoms with Gasteiger partial charge < -0.3 is 19.5 Å². The van der Waals surface area contributed by atoms with Crippen LogP contribution in [0.1, 0.15) is 17.0 Å². The van der Waals surface area contributed by atoms with Crippen LogP contribution in [0.15, 0.2) is 35.0 Å². The molecule has 2 aromatic heterocycles. The third kappa shape index (κ3) is 3.64. The highest BCUT2D eigenvalue weighted by atomic mass is 16.5. The van der Waals surface area contributed by atoms with Gasteiger partial charge in [0.25, 0.3) is 0 Å². The molecular weight excluding hydrogens is 342 g/mol. The number of aromatic nitrogens is 3. The number of hydrogen-bond donors (Lipinski definition) is 1. The molecule has 7 heteroatoms. The number of nitrogens with zero attached hydrogens (tertiary/aromatic N) is 4. The first-order valence-electron chi connectivity index (χ1n) is 9.08. The monoisotopic (exact) mass is 365 g/mol. The number of rotatable bonds is 4. The SMILES string of the molecule is Cc1cnc(-c2c(C)noc2C)nc1Nc1ccc(N2CCOCC2)cc1. The third-order valence-electron chi connectivity index (χ3n) is 4.73. The fourth-order valence-corrected chi connectivity index (χ4v) is 3.21. The van der Waals surface area contributed by atoms with E-state index in [1.807, 2.05) is 27.0 Å². The predicted octanol–water partition coefficient (Wildman–Crippen LogP) is 3.64. The van der Waals surface area contributed by atoms with Crippen LogP contribution < -0.4 is 10.2 Å². The molecule has 1 aliphatic heterocycles. The highest BCUT2D eigenvalue weighted by Crippen LogP contribution is 2.27. The van der Waals surface area contributed by atoms with E-state index in [1.54, 1.807) is 0 Å². The van der Waals surface area contributed by atoms with Gasteiger partial charge in [0.2, 0.25) is 0 Å². The molecule has 0 unspecified atom stereocenters. The van der Waals surface area contributed by atoms with E-state index in [1.165, 1.54) is 5.69 Å². The van der Waals surface area contributed by atoms with Crippen molar-refractivity contribution >= 4 is 17.2 Å². The van der Waals surface area contributed by atoms with E-state index in [4.69, 9.17) is 14.2 Å². The first kappa shape index (κ1) is 17.5. The maximum absolute atomic E-state index is 5.42. The number of ether oxygens (including phenoxy) is 1. The Morgan fingerprint density at radius 3 is 2.44 bits per heavy atom. The van der Waals surface area contributed by atoms with Gasteiger partial charge in [0.1, 0.15) is 11.6 Å². The molecule has 1 aliphatic rings. The quantitative estimate of drug-likeness (QED) is 0.756. The first-order chi connectivity index (χ1) is 13.1. The van der Waals surface area contributed by atoms with Gasteiger partial charge in [0, 0.05) is 36.2 Å². The van der Waals surface area contributed by atoms with Crippen molar-refractivity contribution in [3.63, 3.8) is 0 Å². The van der Waals surface area contributed by atoms with Gasteiger partial charge in [-0.2, -0.15) is 0 Å². The third-order valence-corrected chi connectivity index (χ3v) is 4.73. The van der Waals surface area contributed by atoms with Crippen molar-refractivity contribution in [2.75, 3.05) is 36.5 Å². The van der Waals surface area contributed by atoms with E-state index >= 15 is 0 Å². The van der Waals surface area contributed by atoms with Crippen molar-refractivity contribution in [3.8, 4) is 11.4 Å². The van der Waals surface area contributed by atoms with Gasteiger partial charge >= 0.3 is 0 Å². The van der Waals surface area contributed by atoms with Crippen molar-refractivity contribution in [2.24, 2.45) is 0 Å². The molecule has 0 amide bonds.